The number of carbonyl (C=O) groups excluding carboxylic acids is 3. The minimum atomic E-state index is -4.66. The van der Waals surface area contributed by atoms with Gasteiger partial charge < -0.3 is 9.64 Å². The number of ketones is 1. The number of hydrogen-bond donors (Lipinski definition) is 0. The molecule has 5 nitrogen and oxygen atoms in total. The third-order valence-electron chi connectivity index (χ3n) is 3.59. The van der Waals surface area contributed by atoms with Gasteiger partial charge in [-0.3, -0.25) is 14.4 Å². The lowest BCUT2D eigenvalue weighted by atomic mass is 10.0. The molecule has 0 aromatic heterocycles. The SMILES string of the molecule is CC(=O)Oc1ccc(C(=O)c2cc(Cl)ccc2N(CC(F)(F)F)C(C)=O)cc1. The van der Waals surface area contributed by atoms with Crippen molar-refractivity contribution >= 4 is 34.9 Å². The molecule has 0 aliphatic heterocycles. The van der Waals surface area contributed by atoms with Crippen LogP contribution in [0.4, 0.5) is 18.9 Å². The molecule has 0 bridgehead atoms. The minimum absolute atomic E-state index is 0.120. The van der Waals surface area contributed by atoms with Crippen molar-refractivity contribution in [3.05, 3.63) is 58.6 Å². The fourth-order valence-electron chi connectivity index (χ4n) is 2.47. The van der Waals surface area contributed by atoms with E-state index in [9.17, 15) is 27.6 Å². The van der Waals surface area contributed by atoms with Gasteiger partial charge in [0.15, 0.2) is 5.78 Å². The Hall–Kier alpha value is -2.87. The van der Waals surface area contributed by atoms with Crippen molar-refractivity contribution < 1.29 is 32.3 Å². The highest BCUT2D eigenvalue weighted by atomic mass is 35.5. The standard InChI is InChI=1S/C19H15ClF3NO4/c1-11(25)24(10-19(21,22)23)17-8-5-14(20)9-16(17)18(27)13-3-6-15(7-4-13)28-12(2)26/h3-9H,10H2,1-2H3. The van der Waals surface area contributed by atoms with Crippen LogP contribution in [0.1, 0.15) is 29.8 Å². The van der Waals surface area contributed by atoms with E-state index >= 15 is 0 Å². The number of rotatable bonds is 5. The molecule has 1 amide bonds. The Kier molecular flexibility index (Phi) is 6.45. The lowest BCUT2D eigenvalue weighted by molar-refractivity contribution is -0.131. The van der Waals surface area contributed by atoms with E-state index < -0.39 is 30.4 Å². The number of esters is 1. The average Bonchev–Trinajstić information content (AvgIpc) is 2.58. The van der Waals surface area contributed by atoms with Crippen molar-refractivity contribution in [3.8, 4) is 5.75 Å². The molecule has 0 saturated heterocycles. The van der Waals surface area contributed by atoms with Crippen LogP contribution in [-0.4, -0.2) is 30.4 Å². The first-order valence-electron chi connectivity index (χ1n) is 7.95. The van der Waals surface area contributed by atoms with Crippen LogP contribution in [0.5, 0.6) is 5.75 Å². The lowest BCUT2D eigenvalue weighted by Crippen LogP contribution is -2.38. The largest absolute Gasteiger partial charge is 0.427 e. The van der Waals surface area contributed by atoms with E-state index in [1.165, 1.54) is 49.4 Å². The van der Waals surface area contributed by atoms with Crippen LogP contribution in [0.3, 0.4) is 0 Å². The van der Waals surface area contributed by atoms with Gasteiger partial charge in [-0.05, 0) is 42.5 Å². The molecule has 0 heterocycles. The molecule has 0 N–H and O–H groups in total. The van der Waals surface area contributed by atoms with Crippen molar-refractivity contribution in [2.24, 2.45) is 0 Å². The number of halogens is 4. The Labute approximate surface area is 163 Å². The number of hydrogen-bond acceptors (Lipinski definition) is 4. The number of alkyl halides is 3. The monoisotopic (exact) mass is 413 g/mol. The average molecular weight is 414 g/mol. The molecule has 28 heavy (non-hydrogen) atoms. The predicted octanol–water partition coefficient (Wildman–Crippen LogP) is 4.41. The number of benzene rings is 2. The fourth-order valence-corrected chi connectivity index (χ4v) is 2.64. The van der Waals surface area contributed by atoms with Gasteiger partial charge in [-0.1, -0.05) is 11.6 Å². The zero-order valence-electron chi connectivity index (χ0n) is 14.8. The highest BCUT2D eigenvalue weighted by Crippen LogP contribution is 2.30. The maximum Gasteiger partial charge on any atom is 0.406 e. The second kappa shape index (κ2) is 8.43. The smallest absolute Gasteiger partial charge is 0.406 e. The molecule has 2 rings (SSSR count). The summed E-state index contributed by atoms with van der Waals surface area (Å²) in [6, 6.07) is 9.14. The summed E-state index contributed by atoms with van der Waals surface area (Å²) >= 11 is 5.91. The van der Waals surface area contributed by atoms with Gasteiger partial charge in [-0.15, -0.1) is 0 Å². The summed E-state index contributed by atoms with van der Waals surface area (Å²) in [4.78, 5) is 36.1. The third kappa shape index (κ3) is 5.56. The van der Waals surface area contributed by atoms with Gasteiger partial charge in [0.2, 0.25) is 5.91 Å². The van der Waals surface area contributed by atoms with Gasteiger partial charge in [-0.2, -0.15) is 13.2 Å². The van der Waals surface area contributed by atoms with Crippen LogP contribution < -0.4 is 9.64 Å². The summed E-state index contributed by atoms with van der Waals surface area (Å²) < 4.78 is 43.5. The van der Waals surface area contributed by atoms with Gasteiger partial charge in [0.05, 0.1) is 5.69 Å². The zero-order chi connectivity index (χ0) is 21.1. The Bertz CT molecular complexity index is 910. The number of ether oxygens (including phenoxy) is 1. The van der Waals surface area contributed by atoms with Crippen molar-refractivity contribution in [3.63, 3.8) is 0 Å². The number of anilines is 1. The number of carbonyl (C=O) groups is 3. The van der Waals surface area contributed by atoms with Crippen LogP contribution >= 0.6 is 11.6 Å². The highest BCUT2D eigenvalue weighted by Gasteiger charge is 2.34. The molecule has 2 aromatic carbocycles. The number of nitrogens with zero attached hydrogens (tertiary/aromatic N) is 1. The first-order chi connectivity index (χ1) is 13.0. The van der Waals surface area contributed by atoms with Crippen molar-refractivity contribution in [1.82, 2.24) is 0 Å². The highest BCUT2D eigenvalue weighted by molar-refractivity contribution is 6.31. The molecule has 2 aromatic rings. The van der Waals surface area contributed by atoms with Crippen LogP contribution in [0, 0.1) is 0 Å². The maximum absolute atomic E-state index is 12.9. The van der Waals surface area contributed by atoms with E-state index in [0.29, 0.717) is 4.90 Å². The molecule has 0 unspecified atom stereocenters. The Morgan fingerprint density at radius 3 is 2.14 bits per heavy atom. The molecule has 9 heteroatoms. The molecule has 148 valence electrons. The Balaban J connectivity index is 2.46. The van der Waals surface area contributed by atoms with Crippen LogP contribution in [0.2, 0.25) is 5.02 Å². The molecule has 0 radical (unpaired) electrons. The van der Waals surface area contributed by atoms with E-state index in [1.807, 2.05) is 0 Å². The summed E-state index contributed by atoms with van der Waals surface area (Å²) in [6.07, 6.45) is -4.66. The van der Waals surface area contributed by atoms with Crippen molar-refractivity contribution in [1.29, 1.82) is 0 Å². The molecular weight excluding hydrogens is 399 g/mol. The normalized spacial score (nSPS) is 11.1. The summed E-state index contributed by atoms with van der Waals surface area (Å²) in [6.45, 7) is 0.645. The van der Waals surface area contributed by atoms with Gasteiger partial charge >= 0.3 is 12.1 Å². The van der Waals surface area contributed by atoms with E-state index in [0.717, 1.165) is 6.92 Å². The lowest BCUT2D eigenvalue weighted by Gasteiger charge is -2.25. The second-order valence-corrected chi connectivity index (χ2v) is 6.27. The molecule has 0 spiro atoms. The van der Waals surface area contributed by atoms with Gasteiger partial charge in [0, 0.05) is 30.0 Å². The van der Waals surface area contributed by atoms with Gasteiger partial charge in [0.25, 0.3) is 0 Å². The Morgan fingerprint density at radius 1 is 1.04 bits per heavy atom. The molecule has 0 saturated carbocycles. The van der Waals surface area contributed by atoms with Crippen LogP contribution in [-0.2, 0) is 9.59 Å². The van der Waals surface area contributed by atoms with Crippen molar-refractivity contribution in [2.45, 2.75) is 20.0 Å². The van der Waals surface area contributed by atoms with Crippen LogP contribution in [0.25, 0.3) is 0 Å². The zero-order valence-corrected chi connectivity index (χ0v) is 15.6. The summed E-state index contributed by atoms with van der Waals surface area (Å²) in [7, 11) is 0. The first-order valence-corrected chi connectivity index (χ1v) is 8.33. The third-order valence-corrected chi connectivity index (χ3v) is 3.82. The topological polar surface area (TPSA) is 63.7 Å². The van der Waals surface area contributed by atoms with E-state index in [1.54, 1.807) is 0 Å². The molecule has 0 atom stereocenters. The summed E-state index contributed by atoms with van der Waals surface area (Å²) in [5, 5.41) is 0.124. The van der Waals surface area contributed by atoms with Gasteiger partial charge in [-0.25, -0.2) is 0 Å². The van der Waals surface area contributed by atoms with Crippen LogP contribution in [0.15, 0.2) is 42.5 Å². The quantitative estimate of drug-likeness (QED) is 0.414. The summed E-state index contributed by atoms with van der Waals surface area (Å²) in [5.74, 6) is -1.85. The molecule has 0 aliphatic rings. The van der Waals surface area contributed by atoms with E-state index in [-0.39, 0.29) is 27.6 Å². The molecular formula is C19H15ClF3NO4. The fraction of sp³-hybridized carbons (Fsp3) is 0.211. The Morgan fingerprint density at radius 2 is 1.64 bits per heavy atom. The predicted molar refractivity (Wildman–Crippen MR) is 96.7 cm³/mol. The maximum atomic E-state index is 12.9. The number of amides is 1. The molecule has 0 fully saturated rings. The second-order valence-electron chi connectivity index (χ2n) is 5.83. The first kappa shape index (κ1) is 21.4. The molecule has 0 aliphatic carbocycles. The van der Waals surface area contributed by atoms with Crippen molar-refractivity contribution in [2.75, 3.05) is 11.4 Å². The minimum Gasteiger partial charge on any atom is -0.427 e. The van der Waals surface area contributed by atoms with Gasteiger partial charge in [0.1, 0.15) is 12.3 Å². The van der Waals surface area contributed by atoms with E-state index in [4.69, 9.17) is 16.3 Å². The summed E-state index contributed by atoms with van der Waals surface area (Å²) in [5.41, 5.74) is -0.245. The van der Waals surface area contributed by atoms with E-state index in [2.05, 4.69) is 0 Å².